The Morgan fingerprint density at radius 1 is 1.77 bits per heavy atom. The number of likely N-dealkylation sites (N-methyl/N-ethyl adjacent to an activating group) is 1. The summed E-state index contributed by atoms with van der Waals surface area (Å²) in [4.78, 5) is 23.5. The number of nitrogens with two attached hydrogens (primary N) is 1. The minimum absolute atomic E-state index is 0.0593. The molecule has 1 aliphatic rings. The summed E-state index contributed by atoms with van der Waals surface area (Å²) in [6.45, 7) is 0.751. The molecule has 5 heteroatoms. The molecule has 0 bridgehead atoms. The number of nitrogens with zero attached hydrogens (tertiary/aromatic N) is 1. The minimum atomic E-state index is -0.323. The Morgan fingerprint density at radius 2 is 2.46 bits per heavy atom. The van der Waals surface area contributed by atoms with E-state index in [1.165, 1.54) is 4.90 Å². The molecular weight excluding hydrogens is 170 g/mol. The van der Waals surface area contributed by atoms with Gasteiger partial charge in [-0.2, -0.15) is 0 Å². The van der Waals surface area contributed by atoms with E-state index in [1.807, 2.05) is 0 Å². The molecule has 2 atom stereocenters. The second kappa shape index (κ2) is 4.34. The van der Waals surface area contributed by atoms with Crippen molar-refractivity contribution in [2.45, 2.75) is 18.5 Å². The number of carbonyl (C=O) groups is 2. The van der Waals surface area contributed by atoms with Crippen molar-refractivity contribution in [3.63, 3.8) is 0 Å². The second-order valence-corrected chi connectivity index (χ2v) is 3.28. The van der Waals surface area contributed by atoms with Crippen LogP contribution in [-0.4, -0.2) is 49.3 Å². The number of aldehydes is 1. The largest absolute Gasteiger partial charge is 0.330 e. The summed E-state index contributed by atoms with van der Waals surface area (Å²) in [6, 6.07) is -0.383. The standard InChI is InChI=1S/C8H15N3O2/c1-10-3-8(13)11-4-6(9)2-7(11)5-12/h5-7,10H,2-4,9H2,1H3/t6?,7-/m0/s1. The van der Waals surface area contributed by atoms with Gasteiger partial charge in [-0.05, 0) is 13.5 Å². The zero-order valence-corrected chi connectivity index (χ0v) is 7.69. The van der Waals surface area contributed by atoms with Gasteiger partial charge in [-0.15, -0.1) is 0 Å². The molecule has 1 heterocycles. The maximum absolute atomic E-state index is 11.4. The quantitative estimate of drug-likeness (QED) is 0.516. The Morgan fingerprint density at radius 3 is 3.00 bits per heavy atom. The van der Waals surface area contributed by atoms with E-state index in [-0.39, 0.29) is 24.5 Å². The maximum Gasteiger partial charge on any atom is 0.237 e. The van der Waals surface area contributed by atoms with Crippen LogP contribution in [0.4, 0.5) is 0 Å². The van der Waals surface area contributed by atoms with E-state index in [2.05, 4.69) is 5.32 Å². The fraction of sp³-hybridized carbons (Fsp3) is 0.750. The first-order valence-corrected chi connectivity index (χ1v) is 4.34. The molecule has 1 fully saturated rings. The SMILES string of the molecule is CNCC(=O)N1CC(N)C[C@H]1C=O. The number of hydrogen-bond acceptors (Lipinski definition) is 4. The van der Waals surface area contributed by atoms with E-state index in [4.69, 9.17) is 5.73 Å². The average Bonchev–Trinajstić information content (AvgIpc) is 2.47. The van der Waals surface area contributed by atoms with Crippen molar-refractivity contribution >= 4 is 12.2 Å². The minimum Gasteiger partial charge on any atom is -0.330 e. The third-order valence-electron chi connectivity index (χ3n) is 2.18. The smallest absolute Gasteiger partial charge is 0.237 e. The lowest BCUT2D eigenvalue weighted by atomic mass is 10.2. The molecule has 1 rings (SSSR count). The van der Waals surface area contributed by atoms with Crippen molar-refractivity contribution in [1.29, 1.82) is 0 Å². The van der Waals surface area contributed by atoms with Gasteiger partial charge in [0.2, 0.25) is 5.91 Å². The van der Waals surface area contributed by atoms with Crippen molar-refractivity contribution in [3.8, 4) is 0 Å². The molecule has 1 amide bonds. The van der Waals surface area contributed by atoms with Crippen molar-refractivity contribution in [2.24, 2.45) is 5.73 Å². The van der Waals surface area contributed by atoms with Crippen LogP contribution in [0.2, 0.25) is 0 Å². The van der Waals surface area contributed by atoms with E-state index in [0.29, 0.717) is 13.0 Å². The summed E-state index contributed by atoms with van der Waals surface area (Å²) < 4.78 is 0. The Balaban J connectivity index is 2.57. The van der Waals surface area contributed by atoms with Crippen LogP contribution in [0, 0.1) is 0 Å². The van der Waals surface area contributed by atoms with E-state index >= 15 is 0 Å². The molecule has 0 aromatic rings. The van der Waals surface area contributed by atoms with Crippen LogP contribution < -0.4 is 11.1 Å². The van der Waals surface area contributed by atoms with Gasteiger partial charge in [-0.1, -0.05) is 0 Å². The van der Waals surface area contributed by atoms with Crippen LogP contribution in [0.15, 0.2) is 0 Å². The molecule has 0 aliphatic carbocycles. The van der Waals surface area contributed by atoms with Crippen molar-refractivity contribution in [2.75, 3.05) is 20.1 Å². The highest BCUT2D eigenvalue weighted by Crippen LogP contribution is 2.14. The van der Waals surface area contributed by atoms with Crippen LogP contribution in [0.3, 0.4) is 0 Å². The van der Waals surface area contributed by atoms with Gasteiger partial charge in [0.15, 0.2) is 0 Å². The summed E-state index contributed by atoms with van der Waals surface area (Å²) in [5.74, 6) is -0.0625. The van der Waals surface area contributed by atoms with E-state index in [0.717, 1.165) is 6.29 Å². The molecule has 0 radical (unpaired) electrons. The topological polar surface area (TPSA) is 75.4 Å². The van der Waals surface area contributed by atoms with Gasteiger partial charge < -0.3 is 20.7 Å². The number of hydrogen-bond donors (Lipinski definition) is 2. The molecular formula is C8H15N3O2. The maximum atomic E-state index is 11.4. The van der Waals surface area contributed by atoms with Gasteiger partial charge in [0.05, 0.1) is 12.6 Å². The zero-order valence-electron chi connectivity index (χ0n) is 7.69. The van der Waals surface area contributed by atoms with Gasteiger partial charge in [0.25, 0.3) is 0 Å². The molecule has 13 heavy (non-hydrogen) atoms. The van der Waals surface area contributed by atoms with Crippen LogP contribution >= 0.6 is 0 Å². The molecule has 74 valence electrons. The monoisotopic (exact) mass is 185 g/mol. The van der Waals surface area contributed by atoms with Gasteiger partial charge in [0.1, 0.15) is 6.29 Å². The molecule has 0 aromatic heterocycles. The zero-order chi connectivity index (χ0) is 9.84. The normalized spacial score (nSPS) is 27.7. The lowest BCUT2D eigenvalue weighted by molar-refractivity contribution is -0.133. The van der Waals surface area contributed by atoms with E-state index in [1.54, 1.807) is 7.05 Å². The Labute approximate surface area is 77.3 Å². The molecule has 0 spiro atoms. The summed E-state index contributed by atoms with van der Waals surface area (Å²) >= 11 is 0. The first kappa shape index (κ1) is 10.1. The van der Waals surface area contributed by atoms with Gasteiger partial charge in [0, 0.05) is 12.6 Å². The van der Waals surface area contributed by atoms with Crippen LogP contribution in [0.5, 0.6) is 0 Å². The van der Waals surface area contributed by atoms with Gasteiger partial charge in [-0.3, -0.25) is 4.79 Å². The third kappa shape index (κ3) is 2.26. The fourth-order valence-electron chi connectivity index (χ4n) is 1.57. The van der Waals surface area contributed by atoms with Crippen LogP contribution in [0.25, 0.3) is 0 Å². The molecule has 5 nitrogen and oxygen atoms in total. The second-order valence-electron chi connectivity index (χ2n) is 3.28. The molecule has 1 aliphatic heterocycles. The van der Waals surface area contributed by atoms with E-state index in [9.17, 15) is 9.59 Å². The number of rotatable bonds is 3. The lowest BCUT2D eigenvalue weighted by Crippen LogP contribution is -2.41. The van der Waals surface area contributed by atoms with E-state index < -0.39 is 0 Å². The van der Waals surface area contributed by atoms with Crippen LogP contribution in [0.1, 0.15) is 6.42 Å². The van der Waals surface area contributed by atoms with Gasteiger partial charge >= 0.3 is 0 Å². The number of nitrogens with one attached hydrogen (secondary N) is 1. The summed E-state index contributed by atoms with van der Waals surface area (Å²) in [5.41, 5.74) is 5.65. The highest BCUT2D eigenvalue weighted by Gasteiger charge is 2.32. The highest BCUT2D eigenvalue weighted by molar-refractivity contribution is 5.82. The predicted molar refractivity (Wildman–Crippen MR) is 48.1 cm³/mol. The third-order valence-corrected chi connectivity index (χ3v) is 2.18. The first-order chi connectivity index (χ1) is 6.19. The molecule has 0 saturated carbocycles. The lowest BCUT2D eigenvalue weighted by Gasteiger charge is -2.19. The average molecular weight is 185 g/mol. The van der Waals surface area contributed by atoms with Crippen LogP contribution in [-0.2, 0) is 9.59 Å². The van der Waals surface area contributed by atoms with Crippen molar-refractivity contribution < 1.29 is 9.59 Å². The molecule has 1 saturated heterocycles. The fourth-order valence-corrected chi connectivity index (χ4v) is 1.57. The Bertz CT molecular complexity index is 208. The summed E-state index contributed by atoms with van der Waals surface area (Å²) in [6.07, 6.45) is 1.37. The number of amides is 1. The summed E-state index contributed by atoms with van der Waals surface area (Å²) in [7, 11) is 1.70. The Hall–Kier alpha value is -0.940. The number of likely N-dealkylation sites (tertiary alicyclic amines) is 1. The van der Waals surface area contributed by atoms with Gasteiger partial charge in [-0.25, -0.2) is 0 Å². The Kier molecular flexibility index (Phi) is 3.39. The van der Waals surface area contributed by atoms with Crippen molar-refractivity contribution in [1.82, 2.24) is 10.2 Å². The predicted octanol–water partition coefficient (Wildman–Crippen LogP) is -1.67. The van der Waals surface area contributed by atoms with Crippen molar-refractivity contribution in [3.05, 3.63) is 0 Å². The molecule has 1 unspecified atom stereocenters. The number of carbonyl (C=O) groups excluding carboxylic acids is 2. The molecule has 0 aromatic carbocycles. The first-order valence-electron chi connectivity index (χ1n) is 4.34. The highest BCUT2D eigenvalue weighted by atomic mass is 16.2. The molecule has 3 N–H and O–H groups in total. The summed E-state index contributed by atoms with van der Waals surface area (Å²) in [5, 5.41) is 2.76.